The van der Waals surface area contributed by atoms with E-state index < -0.39 is 4.87 Å². The number of aromatic amines is 1. The van der Waals surface area contributed by atoms with Crippen LogP contribution in [0.4, 0.5) is 5.69 Å². The van der Waals surface area contributed by atoms with Crippen LogP contribution in [-0.2, 0) is 0 Å². The normalized spacial score (nSPS) is 12.7. The van der Waals surface area contributed by atoms with E-state index in [0.29, 0.717) is 10.0 Å². The van der Waals surface area contributed by atoms with Crippen LogP contribution >= 0.6 is 34.8 Å². The van der Waals surface area contributed by atoms with Gasteiger partial charge in [-0.25, -0.2) is 0 Å². The maximum atomic E-state index is 6.84. The van der Waals surface area contributed by atoms with Gasteiger partial charge in [-0.15, -0.1) is 11.6 Å². The van der Waals surface area contributed by atoms with E-state index in [-0.39, 0.29) is 5.92 Å². The molecule has 0 aliphatic rings. The van der Waals surface area contributed by atoms with E-state index in [1.54, 1.807) is 0 Å². The Morgan fingerprint density at radius 1 is 1.00 bits per heavy atom. The average Bonchev–Trinajstić information content (AvgIpc) is 3.16. The first-order chi connectivity index (χ1) is 15.1. The second-order valence-electron chi connectivity index (χ2n) is 8.65. The molecule has 4 rings (SSSR count). The molecule has 1 unspecified atom stereocenters. The fourth-order valence-corrected chi connectivity index (χ4v) is 5.11. The van der Waals surface area contributed by atoms with E-state index in [1.807, 2.05) is 57.3 Å². The third-order valence-electron chi connectivity index (χ3n) is 5.59. The van der Waals surface area contributed by atoms with Crippen LogP contribution in [0.1, 0.15) is 30.9 Å². The highest BCUT2D eigenvalue weighted by atomic mass is 35.5. The Balaban J connectivity index is 1.71. The number of aryl methyl sites for hydroxylation is 1. The molecular formula is C27H25Cl3N2. The van der Waals surface area contributed by atoms with Crippen LogP contribution in [0.25, 0.3) is 22.0 Å². The second kappa shape index (κ2) is 8.86. The molecule has 0 spiro atoms. The number of aromatic nitrogens is 1. The Bertz CT molecular complexity index is 1280. The molecule has 0 radical (unpaired) electrons. The zero-order chi connectivity index (χ0) is 23.0. The van der Waals surface area contributed by atoms with E-state index in [4.69, 9.17) is 34.8 Å². The minimum Gasteiger partial charge on any atom is -0.361 e. The van der Waals surface area contributed by atoms with Gasteiger partial charge in [0.1, 0.15) is 0 Å². The highest BCUT2D eigenvalue weighted by Gasteiger charge is 2.31. The second-order valence-corrected chi connectivity index (χ2v) is 10.5. The summed E-state index contributed by atoms with van der Waals surface area (Å²) in [5, 5.41) is 5.98. The summed E-state index contributed by atoms with van der Waals surface area (Å²) in [5.74, 6) is -0.159. The lowest BCUT2D eigenvalue weighted by Crippen LogP contribution is -2.27. The topological polar surface area (TPSA) is 27.8 Å². The lowest BCUT2D eigenvalue weighted by atomic mass is 9.84. The first-order valence-electron chi connectivity index (χ1n) is 10.4. The lowest BCUT2D eigenvalue weighted by molar-refractivity contribution is 0.599. The molecule has 0 amide bonds. The number of hydrogen-bond donors (Lipinski definition) is 2. The summed E-state index contributed by atoms with van der Waals surface area (Å²) < 4.78 is 0. The fraction of sp³-hybridized carbons (Fsp3) is 0.185. The van der Waals surface area contributed by atoms with Crippen molar-refractivity contribution in [3.05, 3.63) is 100 Å². The van der Waals surface area contributed by atoms with Crippen LogP contribution in [-0.4, -0.2) is 9.86 Å². The molecule has 0 saturated heterocycles. The average molecular weight is 484 g/mol. The van der Waals surface area contributed by atoms with Crippen LogP contribution in [0, 0.1) is 6.92 Å². The molecule has 32 heavy (non-hydrogen) atoms. The van der Waals surface area contributed by atoms with Gasteiger partial charge < -0.3 is 10.3 Å². The summed E-state index contributed by atoms with van der Waals surface area (Å²) in [6.07, 6.45) is 1.94. The van der Waals surface area contributed by atoms with Crippen molar-refractivity contribution in [2.45, 2.75) is 31.6 Å². The predicted molar refractivity (Wildman–Crippen MR) is 140 cm³/mol. The van der Waals surface area contributed by atoms with E-state index in [2.05, 4.69) is 47.2 Å². The SMILES string of the molecule is C=C(Nc1ccc(Cl)c(-c2cccc3[nH]ccc23)c1)C(c1cc(C)cc(Cl)c1)C(C)(C)Cl. The predicted octanol–water partition coefficient (Wildman–Crippen LogP) is 9.18. The van der Waals surface area contributed by atoms with Gasteiger partial charge in [0.2, 0.25) is 0 Å². The van der Waals surface area contributed by atoms with Crippen molar-refractivity contribution in [2.75, 3.05) is 5.32 Å². The summed E-state index contributed by atoms with van der Waals surface area (Å²) in [5.41, 5.74) is 6.89. The Morgan fingerprint density at radius 3 is 2.50 bits per heavy atom. The highest BCUT2D eigenvalue weighted by molar-refractivity contribution is 6.34. The molecule has 0 aliphatic heterocycles. The van der Waals surface area contributed by atoms with Crippen molar-refractivity contribution in [1.29, 1.82) is 0 Å². The molecule has 1 aromatic heterocycles. The number of allylic oxidation sites excluding steroid dienone is 1. The van der Waals surface area contributed by atoms with Crippen LogP contribution < -0.4 is 5.32 Å². The lowest BCUT2D eigenvalue weighted by Gasteiger charge is -2.32. The summed E-state index contributed by atoms with van der Waals surface area (Å²) in [4.78, 5) is 2.68. The number of H-pyrrole nitrogens is 1. The van der Waals surface area contributed by atoms with Crippen LogP contribution in [0.2, 0.25) is 10.0 Å². The summed E-state index contributed by atoms with van der Waals surface area (Å²) in [6.45, 7) is 10.3. The number of rotatable bonds is 6. The van der Waals surface area contributed by atoms with Crippen molar-refractivity contribution in [2.24, 2.45) is 0 Å². The van der Waals surface area contributed by atoms with Gasteiger partial charge in [0.25, 0.3) is 0 Å². The van der Waals surface area contributed by atoms with Crippen molar-refractivity contribution in [1.82, 2.24) is 4.98 Å². The Kier molecular flexibility index (Phi) is 6.31. The van der Waals surface area contributed by atoms with Gasteiger partial charge in [-0.2, -0.15) is 0 Å². The Hall–Kier alpha value is -2.39. The molecule has 3 aromatic carbocycles. The van der Waals surface area contributed by atoms with Gasteiger partial charge in [0.15, 0.2) is 0 Å². The minimum atomic E-state index is -0.576. The molecule has 0 fully saturated rings. The number of benzene rings is 3. The molecule has 0 aliphatic carbocycles. The number of alkyl halides is 1. The standard InChI is InChI=1S/C27H25Cl3N2/c1-16-12-18(14-19(28)13-16)26(27(3,4)30)17(2)32-20-8-9-24(29)23(15-20)21-6-5-7-25-22(21)10-11-31-25/h5-15,26,31-32H,2H2,1,3-4H3. The number of fused-ring (bicyclic) bond motifs is 1. The summed E-state index contributed by atoms with van der Waals surface area (Å²) in [7, 11) is 0. The first kappa shape index (κ1) is 22.8. The van der Waals surface area contributed by atoms with Crippen molar-refractivity contribution in [3.8, 4) is 11.1 Å². The largest absolute Gasteiger partial charge is 0.361 e. The molecule has 4 aromatic rings. The molecule has 1 heterocycles. The van der Waals surface area contributed by atoms with Gasteiger partial charge in [0.05, 0.1) is 4.87 Å². The quantitative estimate of drug-likeness (QED) is 0.263. The van der Waals surface area contributed by atoms with Crippen LogP contribution in [0.5, 0.6) is 0 Å². The Morgan fingerprint density at radius 2 is 1.78 bits per heavy atom. The fourth-order valence-electron chi connectivity index (χ4n) is 4.33. The number of anilines is 1. The van der Waals surface area contributed by atoms with Crippen LogP contribution in [0.3, 0.4) is 0 Å². The van der Waals surface area contributed by atoms with Crippen LogP contribution in [0.15, 0.2) is 79.1 Å². The number of nitrogens with one attached hydrogen (secondary N) is 2. The minimum absolute atomic E-state index is 0.159. The smallest absolute Gasteiger partial charge is 0.0513 e. The zero-order valence-corrected chi connectivity index (χ0v) is 20.5. The van der Waals surface area contributed by atoms with E-state index in [0.717, 1.165) is 44.5 Å². The zero-order valence-electron chi connectivity index (χ0n) is 18.3. The molecule has 0 bridgehead atoms. The first-order valence-corrected chi connectivity index (χ1v) is 11.5. The Labute approximate surface area is 204 Å². The monoisotopic (exact) mass is 482 g/mol. The molecular weight excluding hydrogens is 459 g/mol. The van der Waals surface area contributed by atoms with E-state index >= 15 is 0 Å². The molecule has 5 heteroatoms. The van der Waals surface area contributed by atoms with Crippen molar-refractivity contribution >= 4 is 51.4 Å². The van der Waals surface area contributed by atoms with Gasteiger partial charge in [-0.1, -0.05) is 48.0 Å². The summed E-state index contributed by atoms with van der Waals surface area (Å²) in [6, 6.07) is 20.1. The maximum Gasteiger partial charge on any atom is 0.0513 e. The van der Waals surface area contributed by atoms with E-state index in [9.17, 15) is 0 Å². The molecule has 0 saturated carbocycles. The van der Waals surface area contributed by atoms with Crippen molar-refractivity contribution < 1.29 is 0 Å². The molecule has 164 valence electrons. The van der Waals surface area contributed by atoms with Gasteiger partial charge in [0, 0.05) is 50.0 Å². The van der Waals surface area contributed by atoms with Gasteiger partial charge in [-0.3, -0.25) is 0 Å². The third kappa shape index (κ3) is 4.68. The molecule has 1 atom stereocenters. The maximum absolute atomic E-state index is 6.84. The van der Waals surface area contributed by atoms with Crippen molar-refractivity contribution in [3.63, 3.8) is 0 Å². The third-order valence-corrected chi connectivity index (χ3v) is 6.36. The number of hydrogen-bond acceptors (Lipinski definition) is 1. The molecule has 2 nitrogen and oxygen atoms in total. The van der Waals surface area contributed by atoms with Gasteiger partial charge in [-0.05, 0) is 79.9 Å². The highest BCUT2D eigenvalue weighted by Crippen LogP contribution is 2.41. The number of halogens is 3. The molecule has 2 N–H and O–H groups in total. The van der Waals surface area contributed by atoms with E-state index in [1.165, 1.54) is 0 Å². The van der Waals surface area contributed by atoms with Gasteiger partial charge >= 0.3 is 0 Å². The summed E-state index contributed by atoms with van der Waals surface area (Å²) >= 11 is 19.8.